The number of nitrogens with zero attached hydrogens (tertiary/aromatic N) is 2. The van der Waals surface area contributed by atoms with Crippen molar-refractivity contribution in [1.29, 1.82) is 0 Å². The maximum absolute atomic E-state index is 13.6. The van der Waals surface area contributed by atoms with Gasteiger partial charge in [0.15, 0.2) is 11.5 Å². The highest BCUT2D eigenvalue weighted by Gasteiger charge is 2.32. The molecular formula is C24H32N2O4. The quantitative estimate of drug-likeness (QED) is 0.656. The van der Waals surface area contributed by atoms with Crippen molar-refractivity contribution in [2.45, 2.75) is 26.8 Å². The van der Waals surface area contributed by atoms with Crippen molar-refractivity contribution in [2.24, 2.45) is 0 Å². The van der Waals surface area contributed by atoms with Crippen LogP contribution in [0.3, 0.4) is 0 Å². The Morgan fingerprint density at radius 3 is 2.10 bits per heavy atom. The fourth-order valence-electron chi connectivity index (χ4n) is 3.80. The van der Waals surface area contributed by atoms with E-state index in [9.17, 15) is 4.79 Å². The molecule has 3 rings (SSSR count). The van der Waals surface area contributed by atoms with E-state index in [-0.39, 0.29) is 11.9 Å². The fraction of sp³-hybridized carbons (Fsp3) is 0.458. The van der Waals surface area contributed by atoms with Crippen LogP contribution in [0.4, 0.5) is 0 Å². The standard InChI is InChI=1S/C24H32N2O4/c1-5-28-21-15-19(16-22(29-6-2)23(21)30-7-3)24(27)26-14-13-25(4)17-20(26)18-11-9-8-10-12-18/h8-12,15-16,20H,5-7,13-14,17H2,1-4H3. The maximum atomic E-state index is 13.6. The lowest BCUT2D eigenvalue weighted by Gasteiger charge is -2.40. The molecule has 162 valence electrons. The van der Waals surface area contributed by atoms with E-state index in [1.54, 1.807) is 12.1 Å². The minimum Gasteiger partial charge on any atom is -0.490 e. The molecule has 6 nitrogen and oxygen atoms in total. The van der Waals surface area contributed by atoms with Gasteiger partial charge in [-0.25, -0.2) is 0 Å². The van der Waals surface area contributed by atoms with Crippen LogP contribution in [-0.2, 0) is 0 Å². The molecule has 1 amide bonds. The molecule has 0 saturated carbocycles. The van der Waals surface area contributed by atoms with Crippen molar-refractivity contribution in [3.63, 3.8) is 0 Å². The van der Waals surface area contributed by atoms with Crippen LogP contribution in [0.25, 0.3) is 0 Å². The molecule has 0 bridgehead atoms. The summed E-state index contributed by atoms with van der Waals surface area (Å²) in [4.78, 5) is 17.8. The molecule has 1 aliphatic rings. The Kier molecular flexibility index (Phi) is 7.57. The van der Waals surface area contributed by atoms with Gasteiger partial charge in [-0.05, 0) is 45.5 Å². The largest absolute Gasteiger partial charge is 0.490 e. The van der Waals surface area contributed by atoms with Crippen molar-refractivity contribution in [3.8, 4) is 17.2 Å². The second-order valence-electron chi connectivity index (χ2n) is 7.29. The van der Waals surface area contributed by atoms with Crippen LogP contribution in [0.1, 0.15) is 42.7 Å². The van der Waals surface area contributed by atoms with E-state index in [1.807, 2.05) is 43.9 Å². The molecule has 1 aliphatic heterocycles. The van der Waals surface area contributed by atoms with Gasteiger partial charge in [0.1, 0.15) is 0 Å². The predicted octanol–water partition coefficient (Wildman–Crippen LogP) is 4.01. The topological polar surface area (TPSA) is 51.2 Å². The van der Waals surface area contributed by atoms with Crippen LogP contribution in [0, 0.1) is 0 Å². The average Bonchev–Trinajstić information content (AvgIpc) is 2.76. The van der Waals surface area contributed by atoms with Gasteiger partial charge in [-0.15, -0.1) is 0 Å². The molecule has 1 saturated heterocycles. The lowest BCUT2D eigenvalue weighted by molar-refractivity contribution is 0.0497. The highest BCUT2D eigenvalue weighted by molar-refractivity contribution is 5.96. The highest BCUT2D eigenvalue weighted by Crippen LogP contribution is 2.40. The molecule has 6 heteroatoms. The SMILES string of the molecule is CCOc1cc(C(=O)N2CCN(C)CC2c2ccccc2)cc(OCC)c1OCC. The van der Waals surface area contributed by atoms with Crippen molar-refractivity contribution in [3.05, 3.63) is 53.6 Å². The minimum absolute atomic E-state index is 0.00453. The Bertz CT molecular complexity index is 813. The maximum Gasteiger partial charge on any atom is 0.254 e. The predicted molar refractivity (Wildman–Crippen MR) is 118 cm³/mol. The van der Waals surface area contributed by atoms with Gasteiger partial charge in [0.05, 0.1) is 25.9 Å². The Morgan fingerprint density at radius 2 is 1.53 bits per heavy atom. The molecule has 0 N–H and O–H groups in total. The van der Waals surface area contributed by atoms with Gasteiger partial charge in [0.25, 0.3) is 5.91 Å². The van der Waals surface area contributed by atoms with E-state index in [0.717, 1.165) is 18.7 Å². The van der Waals surface area contributed by atoms with Crippen LogP contribution in [0.15, 0.2) is 42.5 Å². The number of rotatable bonds is 8. The summed E-state index contributed by atoms with van der Waals surface area (Å²) in [7, 11) is 2.09. The number of hydrogen-bond acceptors (Lipinski definition) is 5. The first-order valence-corrected chi connectivity index (χ1v) is 10.7. The fourth-order valence-corrected chi connectivity index (χ4v) is 3.80. The summed E-state index contributed by atoms with van der Waals surface area (Å²) < 4.78 is 17.4. The number of benzene rings is 2. The first kappa shape index (κ1) is 22.0. The molecule has 0 aromatic heterocycles. The molecule has 0 spiro atoms. The van der Waals surface area contributed by atoms with E-state index in [0.29, 0.717) is 49.2 Å². The van der Waals surface area contributed by atoms with Gasteiger partial charge in [-0.1, -0.05) is 30.3 Å². The van der Waals surface area contributed by atoms with E-state index >= 15 is 0 Å². The van der Waals surface area contributed by atoms with Crippen molar-refractivity contribution in [1.82, 2.24) is 9.80 Å². The van der Waals surface area contributed by atoms with Crippen LogP contribution in [0.2, 0.25) is 0 Å². The molecule has 2 aromatic carbocycles. The third-order valence-corrected chi connectivity index (χ3v) is 5.18. The Hall–Kier alpha value is -2.73. The summed E-state index contributed by atoms with van der Waals surface area (Å²) in [6.45, 7) is 9.48. The van der Waals surface area contributed by atoms with Gasteiger partial charge in [0.2, 0.25) is 5.75 Å². The number of piperazine rings is 1. The average molecular weight is 413 g/mol. The minimum atomic E-state index is -0.0260. The first-order chi connectivity index (χ1) is 14.6. The molecular weight excluding hydrogens is 380 g/mol. The molecule has 1 heterocycles. The number of likely N-dealkylation sites (N-methyl/N-ethyl adjacent to an activating group) is 1. The molecule has 0 radical (unpaired) electrons. The number of hydrogen-bond donors (Lipinski definition) is 0. The summed E-state index contributed by atoms with van der Waals surface area (Å²) in [6.07, 6.45) is 0. The second kappa shape index (κ2) is 10.3. The van der Waals surface area contributed by atoms with Gasteiger partial charge in [-0.2, -0.15) is 0 Å². The third-order valence-electron chi connectivity index (χ3n) is 5.18. The number of carbonyl (C=O) groups excluding carboxylic acids is 1. The van der Waals surface area contributed by atoms with Crippen molar-refractivity contribution in [2.75, 3.05) is 46.5 Å². The number of amides is 1. The lowest BCUT2D eigenvalue weighted by Crippen LogP contribution is -2.49. The molecule has 1 unspecified atom stereocenters. The summed E-state index contributed by atoms with van der Waals surface area (Å²) in [5.74, 6) is 1.61. The smallest absolute Gasteiger partial charge is 0.254 e. The normalized spacial score (nSPS) is 16.9. The van der Waals surface area contributed by atoms with Crippen molar-refractivity contribution >= 4 is 5.91 Å². The number of carbonyl (C=O) groups is 1. The molecule has 30 heavy (non-hydrogen) atoms. The Morgan fingerprint density at radius 1 is 0.933 bits per heavy atom. The summed E-state index contributed by atoms with van der Waals surface area (Å²) >= 11 is 0. The van der Waals surface area contributed by atoms with Crippen LogP contribution in [-0.4, -0.2) is 62.2 Å². The molecule has 1 atom stereocenters. The van der Waals surface area contributed by atoms with E-state index in [1.165, 1.54) is 0 Å². The zero-order valence-corrected chi connectivity index (χ0v) is 18.4. The zero-order valence-electron chi connectivity index (χ0n) is 18.4. The summed E-state index contributed by atoms with van der Waals surface area (Å²) in [5.41, 5.74) is 1.69. The van der Waals surface area contributed by atoms with Crippen LogP contribution >= 0.6 is 0 Å². The van der Waals surface area contributed by atoms with E-state index in [4.69, 9.17) is 14.2 Å². The highest BCUT2D eigenvalue weighted by atomic mass is 16.5. The van der Waals surface area contributed by atoms with Gasteiger partial charge < -0.3 is 24.0 Å². The monoisotopic (exact) mass is 412 g/mol. The summed E-state index contributed by atoms with van der Waals surface area (Å²) in [5, 5.41) is 0. The lowest BCUT2D eigenvalue weighted by atomic mass is 10.0. The van der Waals surface area contributed by atoms with E-state index < -0.39 is 0 Å². The van der Waals surface area contributed by atoms with Crippen LogP contribution in [0.5, 0.6) is 17.2 Å². The Balaban J connectivity index is 1.99. The zero-order chi connectivity index (χ0) is 21.5. The van der Waals surface area contributed by atoms with Gasteiger partial charge in [-0.3, -0.25) is 4.79 Å². The van der Waals surface area contributed by atoms with Crippen molar-refractivity contribution < 1.29 is 19.0 Å². The first-order valence-electron chi connectivity index (χ1n) is 10.7. The second-order valence-corrected chi connectivity index (χ2v) is 7.29. The van der Waals surface area contributed by atoms with Gasteiger partial charge in [0, 0.05) is 25.2 Å². The van der Waals surface area contributed by atoms with E-state index in [2.05, 4.69) is 24.1 Å². The number of ether oxygens (including phenoxy) is 3. The third kappa shape index (κ3) is 4.87. The van der Waals surface area contributed by atoms with Gasteiger partial charge >= 0.3 is 0 Å². The molecule has 2 aromatic rings. The molecule has 0 aliphatic carbocycles. The molecule has 1 fully saturated rings. The summed E-state index contributed by atoms with van der Waals surface area (Å²) in [6, 6.07) is 13.7. The van der Waals surface area contributed by atoms with Crippen LogP contribution < -0.4 is 14.2 Å². The Labute approximate surface area is 179 Å².